The summed E-state index contributed by atoms with van der Waals surface area (Å²) in [6.45, 7) is 3.54. The van der Waals surface area contributed by atoms with Crippen LogP contribution in [0.2, 0.25) is 0 Å². The van der Waals surface area contributed by atoms with Crippen LogP contribution in [0.5, 0.6) is 0 Å². The molecule has 0 atom stereocenters. The Morgan fingerprint density at radius 3 is 2.76 bits per heavy atom. The van der Waals surface area contributed by atoms with Crippen molar-refractivity contribution in [1.29, 1.82) is 0 Å². The summed E-state index contributed by atoms with van der Waals surface area (Å²) >= 11 is 0. The Morgan fingerprint density at radius 2 is 2.29 bits per heavy atom. The Kier molecular flexibility index (Phi) is 4.21. The van der Waals surface area contributed by atoms with Crippen LogP contribution in [-0.4, -0.2) is 35.8 Å². The number of hydrogen-bond donors (Lipinski definition) is 1. The fraction of sp³-hybridized carbons (Fsp3) is 0.182. The van der Waals surface area contributed by atoms with Gasteiger partial charge >= 0.3 is 12.1 Å². The van der Waals surface area contributed by atoms with Crippen molar-refractivity contribution in [3.05, 3.63) is 36.7 Å². The molecule has 0 unspecified atom stereocenters. The number of hydrogen-bond acceptors (Lipinski definition) is 4. The lowest BCUT2D eigenvalue weighted by molar-refractivity contribution is 0.0690. The van der Waals surface area contributed by atoms with Crippen LogP contribution in [0.4, 0.5) is 10.5 Å². The molecule has 1 aromatic heterocycles. The number of carboxylic acid groups (broad SMARTS) is 1. The second kappa shape index (κ2) is 5.64. The highest BCUT2D eigenvalue weighted by Gasteiger charge is 2.13. The smallest absolute Gasteiger partial charge is 0.414 e. The monoisotopic (exact) mass is 236 g/mol. The van der Waals surface area contributed by atoms with Crippen LogP contribution in [0, 0.1) is 0 Å². The lowest BCUT2D eigenvalue weighted by atomic mass is 10.3. The van der Waals surface area contributed by atoms with E-state index in [1.165, 1.54) is 36.4 Å². The van der Waals surface area contributed by atoms with Crippen LogP contribution < -0.4 is 4.90 Å². The van der Waals surface area contributed by atoms with Gasteiger partial charge in [0.1, 0.15) is 12.3 Å². The summed E-state index contributed by atoms with van der Waals surface area (Å²) in [6.07, 6.45) is 2.19. The summed E-state index contributed by atoms with van der Waals surface area (Å²) in [6, 6.07) is 2.79. The summed E-state index contributed by atoms with van der Waals surface area (Å²) in [4.78, 5) is 26.9. The van der Waals surface area contributed by atoms with Gasteiger partial charge in [-0.05, 0) is 12.1 Å². The maximum absolute atomic E-state index is 11.4. The third-order valence-corrected chi connectivity index (χ3v) is 1.95. The fourth-order valence-corrected chi connectivity index (χ4v) is 1.04. The maximum atomic E-state index is 11.4. The molecule has 0 aromatic carbocycles. The number of carbonyl (C=O) groups excluding carboxylic acids is 1. The number of nitrogens with zero attached hydrogens (tertiary/aromatic N) is 2. The largest absolute Gasteiger partial charge is 0.477 e. The number of pyridine rings is 1. The molecule has 6 heteroatoms. The lowest BCUT2D eigenvalue weighted by Crippen LogP contribution is -2.27. The Bertz CT molecular complexity index is 428. The highest BCUT2D eigenvalue weighted by Crippen LogP contribution is 2.12. The maximum Gasteiger partial charge on any atom is 0.414 e. The summed E-state index contributed by atoms with van der Waals surface area (Å²) in [7, 11) is 1.50. The number of rotatable bonds is 4. The summed E-state index contributed by atoms with van der Waals surface area (Å²) in [5.41, 5.74) is 0.366. The molecule has 1 rings (SSSR count). The molecule has 0 radical (unpaired) electrons. The molecule has 6 nitrogen and oxygen atoms in total. The third-order valence-electron chi connectivity index (χ3n) is 1.95. The van der Waals surface area contributed by atoms with Gasteiger partial charge in [-0.3, -0.25) is 4.90 Å². The van der Waals surface area contributed by atoms with Gasteiger partial charge in [0.05, 0.1) is 11.9 Å². The summed E-state index contributed by atoms with van der Waals surface area (Å²) in [5, 5.41) is 8.66. The first-order valence-electron chi connectivity index (χ1n) is 4.77. The van der Waals surface area contributed by atoms with Gasteiger partial charge in [-0.1, -0.05) is 12.7 Å². The molecule has 0 fully saturated rings. The molecule has 1 aromatic rings. The summed E-state index contributed by atoms with van der Waals surface area (Å²) < 4.78 is 4.81. The molecule has 0 aliphatic carbocycles. The molecule has 0 spiro atoms. The molecule has 1 amide bonds. The van der Waals surface area contributed by atoms with Crippen LogP contribution >= 0.6 is 0 Å². The second-order valence-corrected chi connectivity index (χ2v) is 3.13. The molecule has 0 saturated carbocycles. The molecular weight excluding hydrogens is 224 g/mol. The van der Waals surface area contributed by atoms with Crippen molar-refractivity contribution in [2.45, 2.75) is 0 Å². The van der Waals surface area contributed by atoms with Crippen molar-refractivity contribution in [3.8, 4) is 0 Å². The second-order valence-electron chi connectivity index (χ2n) is 3.13. The van der Waals surface area contributed by atoms with Gasteiger partial charge in [0.15, 0.2) is 0 Å². The number of carbonyl (C=O) groups is 2. The van der Waals surface area contributed by atoms with Crippen LogP contribution in [0.3, 0.4) is 0 Å². The van der Waals surface area contributed by atoms with E-state index < -0.39 is 12.1 Å². The van der Waals surface area contributed by atoms with Gasteiger partial charge in [-0.2, -0.15) is 0 Å². The number of carboxylic acids is 1. The van der Waals surface area contributed by atoms with Crippen LogP contribution in [-0.2, 0) is 4.74 Å². The Morgan fingerprint density at radius 1 is 1.59 bits per heavy atom. The van der Waals surface area contributed by atoms with E-state index in [1.54, 1.807) is 0 Å². The number of ether oxygens (including phenoxy) is 1. The first-order chi connectivity index (χ1) is 8.06. The standard InChI is InChI=1S/C11H12N2O4/c1-3-6-17-11(16)13(2)8-4-5-9(10(14)15)12-7-8/h3-5,7H,1,6H2,2H3,(H,14,15). The van der Waals surface area contributed by atoms with E-state index in [2.05, 4.69) is 11.6 Å². The predicted molar refractivity (Wildman–Crippen MR) is 61.1 cm³/mol. The van der Waals surface area contributed by atoms with E-state index in [0.29, 0.717) is 5.69 Å². The SMILES string of the molecule is C=CCOC(=O)N(C)c1ccc(C(=O)O)nc1. The topological polar surface area (TPSA) is 79.7 Å². The van der Waals surface area contributed by atoms with Gasteiger partial charge in [0.2, 0.25) is 0 Å². The van der Waals surface area contributed by atoms with E-state index in [0.717, 1.165) is 0 Å². The minimum Gasteiger partial charge on any atom is -0.477 e. The molecule has 90 valence electrons. The zero-order valence-corrected chi connectivity index (χ0v) is 9.29. The molecule has 0 saturated heterocycles. The molecule has 0 aliphatic heterocycles. The molecule has 1 heterocycles. The highest BCUT2D eigenvalue weighted by molar-refractivity contribution is 5.88. The van der Waals surface area contributed by atoms with Crippen LogP contribution in [0.25, 0.3) is 0 Å². The zero-order valence-electron chi connectivity index (χ0n) is 9.29. The van der Waals surface area contributed by atoms with Crippen LogP contribution in [0.1, 0.15) is 10.5 Å². The van der Waals surface area contributed by atoms with Crippen molar-refractivity contribution in [2.75, 3.05) is 18.6 Å². The van der Waals surface area contributed by atoms with Crippen molar-refractivity contribution >= 4 is 17.7 Å². The number of aromatic carboxylic acids is 1. The van der Waals surface area contributed by atoms with E-state index in [1.807, 2.05) is 0 Å². The first kappa shape index (κ1) is 12.7. The van der Waals surface area contributed by atoms with Gasteiger partial charge in [-0.25, -0.2) is 14.6 Å². The zero-order chi connectivity index (χ0) is 12.8. The van der Waals surface area contributed by atoms with Gasteiger partial charge in [0, 0.05) is 7.05 Å². The van der Waals surface area contributed by atoms with Gasteiger partial charge in [0.25, 0.3) is 0 Å². The predicted octanol–water partition coefficient (Wildman–Crippen LogP) is 1.54. The van der Waals surface area contributed by atoms with Crippen molar-refractivity contribution in [3.63, 3.8) is 0 Å². The number of aromatic nitrogens is 1. The average Bonchev–Trinajstić information content (AvgIpc) is 2.35. The average molecular weight is 236 g/mol. The van der Waals surface area contributed by atoms with Crippen molar-refractivity contribution in [1.82, 2.24) is 4.98 Å². The van der Waals surface area contributed by atoms with E-state index in [9.17, 15) is 9.59 Å². The minimum absolute atomic E-state index is 0.0818. The van der Waals surface area contributed by atoms with E-state index in [-0.39, 0.29) is 12.3 Å². The Labute approximate surface area is 98.1 Å². The Hall–Kier alpha value is -2.37. The Balaban J connectivity index is 2.75. The molecule has 17 heavy (non-hydrogen) atoms. The minimum atomic E-state index is -1.12. The molecular formula is C11H12N2O4. The normalized spacial score (nSPS) is 9.47. The van der Waals surface area contributed by atoms with Gasteiger partial charge < -0.3 is 9.84 Å². The quantitative estimate of drug-likeness (QED) is 0.802. The molecule has 1 N–H and O–H groups in total. The number of amides is 1. The van der Waals surface area contributed by atoms with E-state index in [4.69, 9.17) is 9.84 Å². The number of anilines is 1. The van der Waals surface area contributed by atoms with Crippen LogP contribution in [0.15, 0.2) is 31.0 Å². The third kappa shape index (κ3) is 3.30. The van der Waals surface area contributed by atoms with Gasteiger partial charge in [-0.15, -0.1) is 0 Å². The fourth-order valence-electron chi connectivity index (χ4n) is 1.04. The first-order valence-corrected chi connectivity index (χ1v) is 4.77. The lowest BCUT2D eigenvalue weighted by Gasteiger charge is -2.15. The summed E-state index contributed by atoms with van der Waals surface area (Å²) in [5.74, 6) is -1.12. The van der Waals surface area contributed by atoms with E-state index >= 15 is 0 Å². The molecule has 0 bridgehead atoms. The highest BCUT2D eigenvalue weighted by atomic mass is 16.6. The van der Waals surface area contributed by atoms with Crippen molar-refractivity contribution in [2.24, 2.45) is 0 Å². The molecule has 0 aliphatic rings. The van der Waals surface area contributed by atoms with Crippen molar-refractivity contribution < 1.29 is 19.4 Å².